The van der Waals surface area contributed by atoms with Crippen molar-refractivity contribution in [2.24, 2.45) is 5.92 Å². The number of benzene rings is 1. The molecule has 7 heteroatoms. The van der Waals surface area contributed by atoms with Crippen molar-refractivity contribution in [2.45, 2.75) is 32.0 Å². The lowest BCUT2D eigenvalue weighted by Gasteiger charge is -2.33. The van der Waals surface area contributed by atoms with Gasteiger partial charge in [-0.1, -0.05) is 12.1 Å². The van der Waals surface area contributed by atoms with Gasteiger partial charge in [-0.25, -0.2) is 0 Å². The molecule has 1 atom stereocenters. The van der Waals surface area contributed by atoms with Crippen LogP contribution in [0.3, 0.4) is 0 Å². The van der Waals surface area contributed by atoms with Gasteiger partial charge in [0.05, 0.1) is 6.10 Å². The molecule has 2 N–H and O–H groups in total. The van der Waals surface area contributed by atoms with Crippen molar-refractivity contribution in [3.8, 4) is 5.75 Å². The zero-order valence-corrected chi connectivity index (χ0v) is 13.8. The standard InChI is InChI=1S/C17H24F2N2O3/c1-20-16(23)10-12-6-8-21(9-7-12)11-15(22)13-2-4-14(5-3-13)24-17(18)19/h2-5,12,15,17,22H,6-11H2,1H3,(H,20,23). The Hall–Kier alpha value is -1.73. The van der Waals surface area contributed by atoms with E-state index < -0.39 is 12.7 Å². The van der Waals surface area contributed by atoms with E-state index in [9.17, 15) is 18.7 Å². The van der Waals surface area contributed by atoms with E-state index in [1.807, 2.05) is 0 Å². The number of aliphatic hydroxyl groups excluding tert-OH is 1. The quantitative estimate of drug-likeness (QED) is 0.797. The van der Waals surface area contributed by atoms with Crippen LogP contribution >= 0.6 is 0 Å². The lowest BCUT2D eigenvalue weighted by atomic mass is 9.93. The van der Waals surface area contributed by atoms with Gasteiger partial charge in [0.1, 0.15) is 5.75 Å². The maximum Gasteiger partial charge on any atom is 0.387 e. The van der Waals surface area contributed by atoms with Gasteiger partial charge in [-0.3, -0.25) is 4.79 Å². The summed E-state index contributed by atoms with van der Waals surface area (Å²) in [7, 11) is 1.64. The maximum atomic E-state index is 12.1. The lowest BCUT2D eigenvalue weighted by Crippen LogP contribution is -2.37. The van der Waals surface area contributed by atoms with Crippen LogP contribution in [0.25, 0.3) is 0 Å². The minimum atomic E-state index is -2.85. The maximum absolute atomic E-state index is 12.1. The molecule has 0 radical (unpaired) electrons. The number of piperidine rings is 1. The molecule has 24 heavy (non-hydrogen) atoms. The second-order valence-electron chi connectivity index (χ2n) is 6.08. The number of hydrogen-bond donors (Lipinski definition) is 2. The predicted molar refractivity (Wildman–Crippen MR) is 85.9 cm³/mol. The average molecular weight is 342 g/mol. The summed E-state index contributed by atoms with van der Waals surface area (Å²) in [4.78, 5) is 13.6. The minimum absolute atomic E-state index is 0.0691. The minimum Gasteiger partial charge on any atom is -0.435 e. The molecule has 0 aromatic heterocycles. The van der Waals surface area contributed by atoms with E-state index in [0.29, 0.717) is 24.4 Å². The Balaban J connectivity index is 1.78. The molecule has 1 aromatic carbocycles. The Morgan fingerprint density at radius 2 is 1.96 bits per heavy atom. The highest BCUT2D eigenvalue weighted by Crippen LogP contribution is 2.24. The zero-order valence-electron chi connectivity index (χ0n) is 13.8. The van der Waals surface area contributed by atoms with Crippen molar-refractivity contribution in [3.63, 3.8) is 0 Å². The molecular formula is C17H24F2N2O3. The van der Waals surface area contributed by atoms with Crippen molar-refractivity contribution in [2.75, 3.05) is 26.7 Å². The summed E-state index contributed by atoms with van der Waals surface area (Å²) < 4.78 is 28.5. The molecule has 1 aliphatic heterocycles. The van der Waals surface area contributed by atoms with Crippen LogP contribution in [0.2, 0.25) is 0 Å². The Labute approximate surface area is 140 Å². The van der Waals surface area contributed by atoms with Crippen molar-refractivity contribution in [3.05, 3.63) is 29.8 Å². The Bertz CT molecular complexity index is 517. The van der Waals surface area contributed by atoms with Crippen LogP contribution in [0.4, 0.5) is 8.78 Å². The number of halogens is 2. The van der Waals surface area contributed by atoms with E-state index >= 15 is 0 Å². The van der Waals surface area contributed by atoms with E-state index in [4.69, 9.17) is 0 Å². The molecule has 1 unspecified atom stereocenters. The number of aliphatic hydroxyl groups is 1. The molecule has 0 saturated carbocycles. The molecule has 0 spiro atoms. The number of alkyl halides is 2. The first-order valence-electron chi connectivity index (χ1n) is 8.13. The highest BCUT2D eigenvalue weighted by Gasteiger charge is 2.23. The third-order valence-corrected chi connectivity index (χ3v) is 4.38. The van der Waals surface area contributed by atoms with E-state index in [2.05, 4.69) is 15.0 Å². The SMILES string of the molecule is CNC(=O)CC1CCN(CC(O)c2ccc(OC(F)F)cc2)CC1. The third-order valence-electron chi connectivity index (χ3n) is 4.38. The van der Waals surface area contributed by atoms with Crippen molar-refractivity contribution < 1.29 is 23.4 Å². The van der Waals surface area contributed by atoms with Crippen LogP contribution in [0, 0.1) is 5.92 Å². The first-order chi connectivity index (χ1) is 11.5. The van der Waals surface area contributed by atoms with Gasteiger partial charge >= 0.3 is 6.61 Å². The fourth-order valence-electron chi connectivity index (χ4n) is 2.96. The molecule has 1 saturated heterocycles. The summed E-state index contributed by atoms with van der Waals surface area (Å²) in [5.41, 5.74) is 0.670. The number of β-amino-alcohol motifs (C(OH)–C–C–N with tert-alkyl or cyclic N) is 1. The average Bonchev–Trinajstić information content (AvgIpc) is 2.56. The first kappa shape index (κ1) is 18.6. The monoisotopic (exact) mass is 342 g/mol. The third kappa shape index (κ3) is 5.72. The topological polar surface area (TPSA) is 61.8 Å². The van der Waals surface area contributed by atoms with E-state index in [1.165, 1.54) is 12.1 Å². The Kier molecular flexibility index (Phi) is 6.93. The summed E-state index contributed by atoms with van der Waals surface area (Å²) in [6, 6.07) is 6.06. The van der Waals surface area contributed by atoms with Gasteiger partial charge < -0.3 is 20.1 Å². The molecule has 5 nitrogen and oxygen atoms in total. The molecule has 0 aliphatic carbocycles. The second kappa shape index (κ2) is 8.94. The molecule has 1 amide bonds. The number of carbonyl (C=O) groups excluding carboxylic acids is 1. The number of hydrogen-bond acceptors (Lipinski definition) is 4. The summed E-state index contributed by atoms with van der Waals surface area (Å²) in [5, 5.41) is 12.9. The van der Waals surface area contributed by atoms with Crippen molar-refractivity contribution >= 4 is 5.91 Å². The van der Waals surface area contributed by atoms with Crippen molar-refractivity contribution in [1.82, 2.24) is 10.2 Å². The van der Waals surface area contributed by atoms with Crippen LogP contribution in [0.1, 0.15) is 30.9 Å². The van der Waals surface area contributed by atoms with Crippen LogP contribution in [-0.2, 0) is 4.79 Å². The van der Waals surface area contributed by atoms with Gasteiger partial charge in [-0.15, -0.1) is 0 Å². The highest BCUT2D eigenvalue weighted by molar-refractivity contribution is 5.75. The van der Waals surface area contributed by atoms with Gasteiger partial charge in [-0.05, 0) is 49.5 Å². The molecule has 1 fully saturated rings. The summed E-state index contributed by atoms with van der Waals surface area (Å²) in [6.07, 6.45) is 1.74. The number of nitrogens with one attached hydrogen (secondary N) is 1. The van der Waals surface area contributed by atoms with E-state index in [1.54, 1.807) is 19.2 Å². The smallest absolute Gasteiger partial charge is 0.387 e. The van der Waals surface area contributed by atoms with Gasteiger partial charge in [0.2, 0.25) is 5.91 Å². The summed E-state index contributed by atoms with van der Waals surface area (Å²) in [6.45, 7) is -0.685. The fraction of sp³-hybridized carbons (Fsp3) is 0.588. The van der Waals surface area contributed by atoms with Crippen LogP contribution < -0.4 is 10.1 Å². The number of ether oxygens (including phenoxy) is 1. The first-order valence-corrected chi connectivity index (χ1v) is 8.13. The molecule has 1 aromatic rings. The normalized spacial score (nSPS) is 17.7. The van der Waals surface area contributed by atoms with Gasteiger partial charge in [0.15, 0.2) is 0 Å². The number of carbonyl (C=O) groups is 1. The van der Waals surface area contributed by atoms with E-state index in [0.717, 1.165) is 25.9 Å². The Morgan fingerprint density at radius 3 is 2.50 bits per heavy atom. The van der Waals surface area contributed by atoms with Gasteiger partial charge in [0.25, 0.3) is 0 Å². The van der Waals surface area contributed by atoms with Crippen LogP contribution in [0.5, 0.6) is 5.75 Å². The molecular weight excluding hydrogens is 318 g/mol. The van der Waals surface area contributed by atoms with Crippen LogP contribution in [-0.4, -0.2) is 49.2 Å². The predicted octanol–water partition coefficient (Wildman–Crippen LogP) is 2.17. The molecule has 0 bridgehead atoms. The highest BCUT2D eigenvalue weighted by atomic mass is 19.3. The number of nitrogens with zero attached hydrogens (tertiary/aromatic N) is 1. The number of amides is 1. The molecule has 1 aliphatic rings. The number of rotatable bonds is 7. The van der Waals surface area contributed by atoms with Crippen LogP contribution in [0.15, 0.2) is 24.3 Å². The van der Waals surface area contributed by atoms with Gasteiger partial charge in [-0.2, -0.15) is 8.78 Å². The fourth-order valence-corrected chi connectivity index (χ4v) is 2.96. The van der Waals surface area contributed by atoms with E-state index in [-0.39, 0.29) is 11.7 Å². The largest absolute Gasteiger partial charge is 0.435 e. The zero-order chi connectivity index (χ0) is 17.5. The van der Waals surface area contributed by atoms with Crippen molar-refractivity contribution in [1.29, 1.82) is 0 Å². The van der Waals surface area contributed by atoms with Gasteiger partial charge in [0, 0.05) is 20.0 Å². The summed E-state index contributed by atoms with van der Waals surface area (Å²) >= 11 is 0. The molecule has 1 heterocycles. The second-order valence-corrected chi connectivity index (χ2v) is 6.08. The number of likely N-dealkylation sites (tertiary alicyclic amines) is 1. The lowest BCUT2D eigenvalue weighted by molar-refractivity contribution is -0.121. The summed E-state index contributed by atoms with van der Waals surface area (Å²) in [5.74, 6) is 0.541. The molecule has 134 valence electrons. The molecule has 2 rings (SSSR count). The Morgan fingerprint density at radius 1 is 1.33 bits per heavy atom.